The molecule has 0 saturated carbocycles. The van der Waals surface area contributed by atoms with Crippen molar-refractivity contribution >= 4 is 5.69 Å². The number of methoxy groups -OCH3 is 1. The number of nitro benzene ring substituents is 1. The molecular formula is C12H19NO3. The van der Waals surface area contributed by atoms with Crippen LogP contribution in [0.3, 0.4) is 0 Å². The number of ether oxygens (including phenoxy) is 1. The Balaban J connectivity index is 0.00000106. The largest absolute Gasteiger partial charge is 0.496 e. The Morgan fingerprint density at radius 2 is 1.94 bits per heavy atom. The molecule has 0 spiro atoms. The summed E-state index contributed by atoms with van der Waals surface area (Å²) in [5, 5.41) is 10.7. The van der Waals surface area contributed by atoms with Crippen LogP contribution >= 0.6 is 0 Å². The van der Waals surface area contributed by atoms with Crippen LogP contribution < -0.4 is 4.74 Å². The van der Waals surface area contributed by atoms with Gasteiger partial charge in [-0.15, -0.1) is 0 Å². The summed E-state index contributed by atoms with van der Waals surface area (Å²) in [6.07, 6.45) is 0.726. The standard InChI is InChI=1S/C10H13NO3.C2H6/c1-4-8-6-9(11(12)13)7(2)5-10(8)14-3;1-2/h5-6H,4H2,1-3H3;1-2H3. The Hall–Kier alpha value is -1.58. The van der Waals surface area contributed by atoms with E-state index in [1.807, 2.05) is 20.8 Å². The zero-order valence-electron chi connectivity index (χ0n) is 10.5. The molecule has 0 saturated heterocycles. The SMILES string of the molecule is CC.CCc1cc([N+](=O)[O-])c(C)cc1OC. The van der Waals surface area contributed by atoms with Crippen LogP contribution in [0.5, 0.6) is 5.75 Å². The van der Waals surface area contributed by atoms with E-state index in [-0.39, 0.29) is 10.6 Å². The molecule has 16 heavy (non-hydrogen) atoms. The summed E-state index contributed by atoms with van der Waals surface area (Å²) in [5.41, 5.74) is 1.65. The van der Waals surface area contributed by atoms with Crippen LogP contribution in [0.4, 0.5) is 5.69 Å². The van der Waals surface area contributed by atoms with Gasteiger partial charge >= 0.3 is 0 Å². The highest BCUT2D eigenvalue weighted by Crippen LogP contribution is 2.28. The van der Waals surface area contributed by atoms with Gasteiger partial charge in [0.2, 0.25) is 0 Å². The third-order valence-electron chi connectivity index (χ3n) is 2.18. The van der Waals surface area contributed by atoms with Crippen LogP contribution in [-0.2, 0) is 6.42 Å². The fourth-order valence-corrected chi connectivity index (χ4v) is 1.38. The van der Waals surface area contributed by atoms with Gasteiger partial charge in [0.1, 0.15) is 5.75 Å². The molecule has 0 amide bonds. The predicted molar refractivity (Wildman–Crippen MR) is 65.1 cm³/mol. The van der Waals surface area contributed by atoms with Gasteiger partial charge in [-0.1, -0.05) is 20.8 Å². The van der Waals surface area contributed by atoms with Gasteiger partial charge in [0, 0.05) is 17.2 Å². The van der Waals surface area contributed by atoms with Gasteiger partial charge in [-0.3, -0.25) is 10.1 Å². The highest BCUT2D eigenvalue weighted by Gasteiger charge is 2.14. The van der Waals surface area contributed by atoms with Gasteiger partial charge in [-0.05, 0) is 19.4 Å². The summed E-state index contributed by atoms with van der Waals surface area (Å²) in [5.74, 6) is 0.718. The Morgan fingerprint density at radius 1 is 1.38 bits per heavy atom. The first kappa shape index (κ1) is 14.4. The van der Waals surface area contributed by atoms with Crippen molar-refractivity contribution in [2.45, 2.75) is 34.1 Å². The van der Waals surface area contributed by atoms with E-state index in [1.165, 1.54) is 0 Å². The van der Waals surface area contributed by atoms with E-state index < -0.39 is 0 Å². The summed E-state index contributed by atoms with van der Waals surface area (Å²) >= 11 is 0. The van der Waals surface area contributed by atoms with Crippen LogP contribution in [0, 0.1) is 17.0 Å². The Bertz CT molecular complexity index is 362. The molecule has 4 heteroatoms. The minimum Gasteiger partial charge on any atom is -0.496 e. The van der Waals surface area contributed by atoms with Gasteiger partial charge in [0.05, 0.1) is 12.0 Å². The average molecular weight is 225 g/mol. The molecule has 0 aliphatic heterocycles. The highest BCUT2D eigenvalue weighted by molar-refractivity contribution is 5.49. The Kier molecular flexibility index (Phi) is 6.15. The van der Waals surface area contributed by atoms with Crippen LogP contribution in [0.25, 0.3) is 0 Å². The summed E-state index contributed by atoms with van der Waals surface area (Å²) in [4.78, 5) is 10.3. The van der Waals surface area contributed by atoms with Gasteiger partial charge < -0.3 is 4.74 Å². The summed E-state index contributed by atoms with van der Waals surface area (Å²) in [6, 6.07) is 3.28. The molecule has 0 aromatic heterocycles. The lowest BCUT2D eigenvalue weighted by atomic mass is 10.1. The van der Waals surface area contributed by atoms with E-state index in [4.69, 9.17) is 4.74 Å². The first-order chi connectivity index (χ1) is 7.60. The van der Waals surface area contributed by atoms with Crippen LogP contribution in [0.1, 0.15) is 31.9 Å². The lowest BCUT2D eigenvalue weighted by molar-refractivity contribution is -0.385. The number of aryl methyl sites for hydroxylation is 2. The molecule has 4 nitrogen and oxygen atoms in total. The van der Waals surface area contributed by atoms with Crippen molar-refractivity contribution in [1.82, 2.24) is 0 Å². The molecule has 0 heterocycles. The van der Waals surface area contributed by atoms with E-state index in [2.05, 4.69) is 0 Å². The Labute approximate surface area is 96.4 Å². The molecule has 0 bridgehead atoms. The normalized spacial score (nSPS) is 9.06. The maximum atomic E-state index is 10.7. The maximum absolute atomic E-state index is 10.7. The topological polar surface area (TPSA) is 52.4 Å². The fourth-order valence-electron chi connectivity index (χ4n) is 1.38. The van der Waals surface area contributed by atoms with Gasteiger partial charge in [0.15, 0.2) is 0 Å². The second-order valence-corrected chi connectivity index (χ2v) is 3.06. The van der Waals surface area contributed by atoms with Gasteiger partial charge in [0.25, 0.3) is 5.69 Å². The number of nitrogens with zero attached hydrogens (tertiary/aromatic N) is 1. The second-order valence-electron chi connectivity index (χ2n) is 3.06. The van der Waals surface area contributed by atoms with Crippen LogP contribution in [-0.4, -0.2) is 12.0 Å². The van der Waals surface area contributed by atoms with Crippen molar-refractivity contribution in [2.75, 3.05) is 7.11 Å². The van der Waals surface area contributed by atoms with Crippen molar-refractivity contribution < 1.29 is 9.66 Å². The molecule has 90 valence electrons. The Morgan fingerprint density at radius 3 is 2.31 bits per heavy atom. The quantitative estimate of drug-likeness (QED) is 0.584. The molecule has 0 N–H and O–H groups in total. The maximum Gasteiger partial charge on any atom is 0.272 e. The predicted octanol–water partition coefficient (Wildman–Crippen LogP) is 3.50. The third-order valence-corrected chi connectivity index (χ3v) is 2.18. The minimum absolute atomic E-state index is 0.155. The number of hydrogen-bond acceptors (Lipinski definition) is 3. The second kappa shape index (κ2) is 6.82. The van der Waals surface area contributed by atoms with E-state index in [0.717, 1.165) is 17.7 Å². The van der Waals surface area contributed by atoms with E-state index in [9.17, 15) is 10.1 Å². The summed E-state index contributed by atoms with van der Waals surface area (Å²) < 4.78 is 5.13. The molecule has 0 aliphatic carbocycles. The smallest absolute Gasteiger partial charge is 0.272 e. The summed E-state index contributed by atoms with van der Waals surface area (Å²) in [6.45, 7) is 7.65. The van der Waals surface area contributed by atoms with Gasteiger partial charge in [-0.2, -0.15) is 0 Å². The van der Waals surface area contributed by atoms with Gasteiger partial charge in [-0.25, -0.2) is 0 Å². The molecular weight excluding hydrogens is 206 g/mol. The highest BCUT2D eigenvalue weighted by atomic mass is 16.6. The van der Waals surface area contributed by atoms with Crippen LogP contribution in [0.15, 0.2) is 12.1 Å². The molecule has 0 unspecified atom stereocenters. The van der Waals surface area contributed by atoms with Crippen molar-refractivity contribution in [3.05, 3.63) is 33.4 Å². The lowest BCUT2D eigenvalue weighted by Gasteiger charge is -2.07. The average Bonchev–Trinajstić information content (AvgIpc) is 2.30. The molecule has 1 aromatic rings. The lowest BCUT2D eigenvalue weighted by Crippen LogP contribution is -1.97. The molecule has 1 rings (SSSR count). The molecule has 0 atom stereocenters. The molecule has 0 radical (unpaired) electrons. The van der Waals surface area contributed by atoms with E-state index in [1.54, 1.807) is 26.2 Å². The summed E-state index contributed by atoms with van der Waals surface area (Å²) in [7, 11) is 1.57. The third kappa shape index (κ3) is 3.22. The van der Waals surface area contributed by atoms with Crippen LogP contribution in [0.2, 0.25) is 0 Å². The number of benzene rings is 1. The fraction of sp³-hybridized carbons (Fsp3) is 0.500. The number of nitro groups is 1. The minimum atomic E-state index is -0.367. The van der Waals surface area contributed by atoms with E-state index in [0.29, 0.717) is 5.56 Å². The zero-order valence-corrected chi connectivity index (χ0v) is 10.5. The zero-order chi connectivity index (χ0) is 12.7. The van der Waals surface area contributed by atoms with Crippen molar-refractivity contribution in [2.24, 2.45) is 0 Å². The molecule has 0 fully saturated rings. The molecule has 1 aromatic carbocycles. The number of hydrogen-bond donors (Lipinski definition) is 0. The van der Waals surface area contributed by atoms with Crippen molar-refractivity contribution in [3.63, 3.8) is 0 Å². The monoisotopic (exact) mass is 225 g/mol. The van der Waals surface area contributed by atoms with Crippen molar-refractivity contribution in [3.8, 4) is 5.75 Å². The molecule has 0 aliphatic rings. The number of rotatable bonds is 3. The first-order valence-corrected chi connectivity index (χ1v) is 5.42. The first-order valence-electron chi connectivity index (χ1n) is 5.42. The van der Waals surface area contributed by atoms with Crippen molar-refractivity contribution in [1.29, 1.82) is 0 Å². The van der Waals surface area contributed by atoms with E-state index >= 15 is 0 Å².